The van der Waals surface area contributed by atoms with Gasteiger partial charge in [-0.15, -0.1) is 0 Å². The molecule has 1 saturated heterocycles. The number of allylic oxidation sites excluding steroid dienone is 1. The van der Waals surface area contributed by atoms with Gasteiger partial charge in [-0.2, -0.15) is 0 Å². The van der Waals surface area contributed by atoms with Gasteiger partial charge in [0.1, 0.15) is 0 Å². The molecule has 2 heterocycles. The third-order valence-corrected chi connectivity index (χ3v) is 5.01. The molecule has 1 N–H and O–H groups in total. The van der Waals surface area contributed by atoms with Crippen molar-refractivity contribution in [3.8, 4) is 0 Å². The van der Waals surface area contributed by atoms with Gasteiger partial charge < -0.3 is 15.1 Å². The fourth-order valence-electron chi connectivity index (χ4n) is 2.99. The van der Waals surface area contributed by atoms with Crippen LogP contribution in [0.25, 0.3) is 0 Å². The predicted molar refractivity (Wildman–Crippen MR) is 96.4 cm³/mol. The van der Waals surface area contributed by atoms with Crippen LogP contribution in [0.15, 0.2) is 24.4 Å². The van der Waals surface area contributed by atoms with E-state index in [0.29, 0.717) is 5.92 Å². The highest BCUT2D eigenvalue weighted by Crippen LogP contribution is 2.33. The van der Waals surface area contributed by atoms with Crippen molar-refractivity contribution in [3.63, 3.8) is 0 Å². The Kier molecular flexibility index (Phi) is 6.08. The Bertz CT molecular complexity index is 495. The SMILES string of the molecule is C=C1C=CC(=O)N1CCCCCCNC(=O)N1CC(C(C)(C)C)C1. The van der Waals surface area contributed by atoms with Crippen LogP contribution in [0.5, 0.6) is 0 Å². The number of rotatable bonds is 7. The minimum absolute atomic E-state index is 0.0374. The molecule has 0 bridgehead atoms. The highest BCUT2D eigenvalue weighted by molar-refractivity contribution is 5.92. The Morgan fingerprint density at radius 1 is 1.21 bits per heavy atom. The summed E-state index contributed by atoms with van der Waals surface area (Å²) < 4.78 is 0. The van der Waals surface area contributed by atoms with E-state index >= 15 is 0 Å². The molecule has 0 aromatic heterocycles. The first-order valence-electron chi connectivity index (χ1n) is 9.00. The quantitative estimate of drug-likeness (QED) is 0.728. The fourth-order valence-corrected chi connectivity index (χ4v) is 2.99. The minimum atomic E-state index is 0.0374. The lowest BCUT2D eigenvalue weighted by atomic mass is 9.76. The molecule has 2 rings (SSSR count). The summed E-state index contributed by atoms with van der Waals surface area (Å²) in [4.78, 5) is 27.1. The van der Waals surface area contributed by atoms with E-state index in [1.807, 2.05) is 4.90 Å². The average molecular weight is 333 g/mol. The Morgan fingerprint density at radius 3 is 2.46 bits per heavy atom. The third-order valence-electron chi connectivity index (χ3n) is 5.01. The standard InChI is InChI=1S/C19H31N3O2/c1-15-9-10-17(23)22(15)12-8-6-5-7-11-20-18(24)21-13-16(14-21)19(2,3)4/h9-10,16H,1,5-8,11-14H2,2-4H3,(H,20,24). The predicted octanol–water partition coefficient (Wildman–Crippen LogP) is 3.15. The zero-order valence-electron chi connectivity index (χ0n) is 15.3. The average Bonchev–Trinajstić information content (AvgIpc) is 2.74. The molecule has 2 aliphatic rings. The van der Waals surface area contributed by atoms with E-state index in [9.17, 15) is 9.59 Å². The van der Waals surface area contributed by atoms with E-state index in [4.69, 9.17) is 0 Å². The minimum Gasteiger partial charge on any atom is -0.338 e. The molecule has 0 unspecified atom stereocenters. The second kappa shape index (κ2) is 7.86. The van der Waals surface area contributed by atoms with Gasteiger partial charge in [-0.1, -0.05) is 40.2 Å². The van der Waals surface area contributed by atoms with Crippen molar-refractivity contribution in [1.82, 2.24) is 15.1 Å². The van der Waals surface area contributed by atoms with Gasteiger partial charge in [-0.25, -0.2) is 4.79 Å². The number of hydrogen-bond donors (Lipinski definition) is 1. The first-order valence-corrected chi connectivity index (χ1v) is 9.00. The van der Waals surface area contributed by atoms with Crippen LogP contribution in [-0.2, 0) is 4.79 Å². The summed E-state index contributed by atoms with van der Waals surface area (Å²) >= 11 is 0. The molecule has 0 atom stereocenters. The number of carbonyl (C=O) groups excluding carboxylic acids is 2. The highest BCUT2D eigenvalue weighted by Gasteiger charge is 2.37. The summed E-state index contributed by atoms with van der Waals surface area (Å²) in [6.07, 6.45) is 7.40. The van der Waals surface area contributed by atoms with E-state index in [1.165, 1.54) is 0 Å². The van der Waals surface area contributed by atoms with Gasteiger partial charge in [0.05, 0.1) is 0 Å². The lowest BCUT2D eigenvalue weighted by molar-refractivity contribution is -0.123. The van der Waals surface area contributed by atoms with Crippen molar-refractivity contribution in [1.29, 1.82) is 0 Å². The normalized spacial score (nSPS) is 18.3. The molecule has 0 spiro atoms. The van der Waals surface area contributed by atoms with Crippen molar-refractivity contribution in [2.75, 3.05) is 26.2 Å². The smallest absolute Gasteiger partial charge is 0.317 e. The van der Waals surface area contributed by atoms with E-state index < -0.39 is 0 Å². The van der Waals surface area contributed by atoms with Crippen LogP contribution in [0.2, 0.25) is 0 Å². The molecule has 0 saturated carbocycles. The van der Waals surface area contributed by atoms with Crippen molar-refractivity contribution < 1.29 is 9.59 Å². The molecule has 2 aliphatic heterocycles. The van der Waals surface area contributed by atoms with Gasteiger partial charge >= 0.3 is 6.03 Å². The molecule has 0 aromatic carbocycles. The fraction of sp³-hybridized carbons (Fsp3) is 0.684. The number of nitrogens with one attached hydrogen (secondary N) is 1. The molecular formula is C19H31N3O2. The van der Waals surface area contributed by atoms with E-state index in [2.05, 4.69) is 32.7 Å². The van der Waals surface area contributed by atoms with Crippen LogP contribution in [0, 0.1) is 11.3 Å². The molecule has 134 valence electrons. The van der Waals surface area contributed by atoms with E-state index in [1.54, 1.807) is 17.1 Å². The lowest BCUT2D eigenvalue weighted by Gasteiger charge is -2.46. The zero-order valence-corrected chi connectivity index (χ0v) is 15.3. The first-order chi connectivity index (χ1) is 11.3. The van der Waals surface area contributed by atoms with Crippen LogP contribution < -0.4 is 5.32 Å². The van der Waals surface area contributed by atoms with Crippen LogP contribution in [0.1, 0.15) is 46.5 Å². The topological polar surface area (TPSA) is 52.7 Å². The highest BCUT2D eigenvalue weighted by atomic mass is 16.2. The molecular weight excluding hydrogens is 302 g/mol. The molecule has 1 fully saturated rings. The summed E-state index contributed by atoms with van der Waals surface area (Å²) in [5, 5.41) is 3.00. The van der Waals surface area contributed by atoms with E-state index in [0.717, 1.165) is 57.6 Å². The van der Waals surface area contributed by atoms with Crippen molar-refractivity contribution in [2.45, 2.75) is 46.5 Å². The lowest BCUT2D eigenvalue weighted by Crippen LogP contribution is -2.57. The summed E-state index contributed by atoms with van der Waals surface area (Å²) in [5.74, 6) is 0.649. The van der Waals surface area contributed by atoms with E-state index in [-0.39, 0.29) is 17.4 Å². The maximum absolute atomic E-state index is 12.0. The Morgan fingerprint density at radius 2 is 1.88 bits per heavy atom. The molecule has 5 nitrogen and oxygen atoms in total. The summed E-state index contributed by atoms with van der Waals surface area (Å²) in [6.45, 7) is 13.7. The number of unbranched alkanes of at least 4 members (excludes halogenated alkanes) is 3. The molecule has 3 amide bonds. The van der Waals surface area contributed by atoms with Crippen molar-refractivity contribution >= 4 is 11.9 Å². The van der Waals surface area contributed by atoms with Crippen LogP contribution in [0.3, 0.4) is 0 Å². The number of carbonyl (C=O) groups is 2. The van der Waals surface area contributed by atoms with Crippen LogP contribution >= 0.6 is 0 Å². The summed E-state index contributed by atoms with van der Waals surface area (Å²) in [6, 6.07) is 0.0699. The Hall–Kier alpha value is -1.78. The number of nitrogens with zero attached hydrogens (tertiary/aromatic N) is 2. The van der Waals surface area contributed by atoms with Crippen LogP contribution in [-0.4, -0.2) is 47.9 Å². The van der Waals surface area contributed by atoms with Gasteiger partial charge in [0.25, 0.3) is 5.91 Å². The largest absolute Gasteiger partial charge is 0.338 e. The zero-order chi connectivity index (χ0) is 17.7. The number of urea groups is 1. The van der Waals surface area contributed by atoms with Gasteiger partial charge in [0, 0.05) is 38.0 Å². The van der Waals surface area contributed by atoms with Gasteiger partial charge in [0.15, 0.2) is 0 Å². The summed E-state index contributed by atoms with van der Waals surface area (Å²) in [5.41, 5.74) is 1.07. The second-order valence-electron chi connectivity index (χ2n) is 7.93. The van der Waals surface area contributed by atoms with Crippen molar-refractivity contribution in [3.05, 3.63) is 24.4 Å². The monoisotopic (exact) mass is 333 g/mol. The van der Waals surface area contributed by atoms with Gasteiger partial charge in [0.2, 0.25) is 0 Å². The Labute approximate surface area is 145 Å². The molecule has 5 heteroatoms. The van der Waals surface area contributed by atoms with Gasteiger partial charge in [-0.3, -0.25) is 4.79 Å². The summed E-state index contributed by atoms with van der Waals surface area (Å²) in [7, 11) is 0. The Balaban J connectivity index is 1.47. The van der Waals surface area contributed by atoms with Crippen LogP contribution in [0.4, 0.5) is 4.79 Å². The number of likely N-dealkylation sites (tertiary alicyclic amines) is 1. The molecule has 0 radical (unpaired) electrons. The third kappa shape index (κ3) is 4.86. The maximum atomic E-state index is 12.0. The molecule has 0 aliphatic carbocycles. The molecule has 24 heavy (non-hydrogen) atoms. The number of amides is 3. The maximum Gasteiger partial charge on any atom is 0.317 e. The molecule has 0 aromatic rings. The van der Waals surface area contributed by atoms with Crippen molar-refractivity contribution in [2.24, 2.45) is 11.3 Å². The first kappa shape index (κ1) is 18.6. The number of hydrogen-bond acceptors (Lipinski definition) is 2. The van der Waals surface area contributed by atoms with Gasteiger partial charge in [-0.05, 0) is 30.3 Å². The second-order valence-corrected chi connectivity index (χ2v) is 7.93.